The van der Waals surface area contributed by atoms with Gasteiger partial charge in [0.2, 0.25) is 17.7 Å². The van der Waals surface area contributed by atoms with Crippen LogP contribution in [0, 0.1) is 0 Å². The first-order valence-electron chi connectivity index (χ1n) is 4.92. The fraction of sp³-hybridized carbons (Fsp3) is 0.556. The molecular weight excluding hydrogens is 230 g/mol. The number of imide groups is 1. The first-order chi connectivity index (χ1) is 7.65. The van der Waals surface area contributed by atoms with Crippen molar-refractivity contribution in [2.75, 3.05) is 5.75 Å². The molecule has 0 spiro atoms. The number of hydrogen-bond acceptors (Lipinski definition) is 6. The minimum absolute atomic E-state index is 0.103. The van der Waals surface area contributed by atoms with Gasteiger partial charge >= 0.3 is 0 Å². The highest BCUT2D eigenvalue weighted by Gasteiger charge is 2.29. The van der Waals surface area contributed by atoms with Crippen molar-refractivity contribution in [2.45, 2.75) is 30.9 Å². The number of carbonyl (C=O) groups excluding carboxylic acids is 2. The second-order valence-electron chi connectivity index (χ2n) is 3.57. The Labute approximate surface area is 96.2 Å². The standard InChI is InChI=1S/C9H11N3O3S/c1-5(13)10-7(14)4-16-9-12-11-8(15-9)6-2-3-6/h6H,2-4H2,1H3,(H,10,13,14). The molecule has 1 aromatic heterocycles. The number of rotatable bonds is 4. The minimum Gasteiger partial charge on any atom is -0.416 e. The van der Waals surface area contributed by atoms with Gasteiger partial charge in [-0.3, -0.25) is 14.9 Å². The van der Waals surface area contributed by atoms with E-state index in [9.17, 15) is 9.59 Å². The summed E-state index contributed by atoms with van der Waals surface area (Å²) in [5.74, 6) is 0.437. The molecule has 1 aliphatic rings. The van der Waals surface area contributed by atoms with E-state index < -0.39 is 0 Å². The highest BCUT2D eigenvalue weighted by atomic mass is 32.2. The van der Waals surface area contributed by atoms with E-state index in [1.165, 1.54) is 6.92 Å². The molecule has 2 rings (SSSR count). The average Bonchev–Trinajstić information content (AvgIpc) is 2.94. The van der Waals surface area contributed by atoms with Crippen molar-refractivity contribution in [3.05, 3.63) is 5.89 Å². The number of nitrogens with zero attached hydrogens (tertiary/aromatic N) is 2. The molecule has 0 aromatic carbocycles. The smallest absolute Gasteiger partial charge is 0.277 e. The van der Waals surface area contributed by atoms with Crippen molar-refractivity contribution in [1.82, 2.24) is 15.5 Å². The van der Waals surface area contributed by atoms with Gasteiger partial charge in [0.05, 0.1) is 5.75 Å². The predicted molar refractivity (Wildman–Crippen MR) is 55.8 cm³/mol. The molecule has 0 saturated heterocycles. The fourth-order valence-corrected chi connectivity index (χ4v) is 1.70. The molecule has 0 unspecified atom stereocenters. The maximum Gasteiger partial charge on any atom is 0.277 e. The van der Waals surface area contributed by atoms with Crippen LogP contribution in [-0.4, -0.2) is 27.8 Å². The number of thioether (sulfide) groups is 1. The van der Waals surface area contributed by atoms with Gasteiger partial charge in [0, 0.05) is 12.8 Å². The van der Waals surface area contributed by atoms with Crippen LogP contribution in [-0.2, 0) is 9.59 Å². The molecule has 1 aliphatic carbocycles. The van der Waals surface area contributed by atoms with Crippen molar-refractivity contribution in [3.8, 4) is 0 Å². The molecule has 1 aromatic rings. The number of amides is 2. The molecule has 0 bridgehead atoms. The summed E-state index contributed by atoms with van der Waals surface area (Å²) in [6.07, 6.45) is 2.19. The second kappa shape index (κ2) is 4.65. The van der Waals surface area contributed by atoms with Crippen LogP contribution in [0.2, 0.25) is 0 Å². The lowest BCUT2D eigenvalue weighted by atomic mass is 10.4. The van der Waals surface area contributed by atoms with Gasteiger partial charge in [0.15, 0.2) is 0 Å². The van der Waals surface area contributed by atoms with Gasteiger partial charge in [0.25, 0.3) is 5.22 Å². The number of hydrogen-bond donors (Lipinski definition) is 1. The normalized spacial score (nSPS) is 14.8. The van der Waals surface area contributed by atoms with Crippen LogP contribution in [0.15, 0.2) is 9.64 Å². The zero-order valence-electron chi connectivity index (χ0n) is 8.73. The largest absolute Gasteiger partial charge is 0.416 e. The predicted octanol–water partition coefficient (Wildman–Crippen LogP) is 0.702. The van der Waals surface area contributed by atoms with Crippen molar-refractivity contribution < 1.29 is 14.0 Å². The van der Waals surface area contributed by atoms with E-state index in [4.69, 9.17) is 4.42 Å². The Kier molecular flexibility index (Phi) is 3.23. The van der Waals surface area contributed by atoms with E-state index in [0.29, 0.717) is 17.0 Å². The molecule has 0 radical (unpaired) electrons. The highest BCUT2D eigenvalue weighted by Crippen LogP contribution is 2.39. The molecule has 0 atom stereocenters. The van der Waals surface area contributed by atoms with Crippen LogP contribution in [0.1, 0.15) is 31.6 Å². The second-order valence-corrected chi connectivity index (χ2v) is 4.50. The lowest BCUT2D eigenvalue weighted by Gasteiger charge is -1.97. The molecule has 86 valence electrons. The molecular formula is C9H11N3O3S. The van der Waals surface area contributed by atoms with E-state index in [2.05, 4.69) is 15.5 Å². The summed E-state index contributed by atoms with van der Waals surface area (Å²) in [5.41, 5.74) is 0. The van der Waals surface area contributed by atoms with Crippen LogP contribution in [0.25, 0.3) is 0 Å². The molecule has 7 heteroatoms. The molecule has 1 saturated carbocycles. The van der Waals surface area contributed by atoms with Crippen molar-refractivity contribution in [1.29, 1.82) is 0 Å². The van der Waals surface area contributed by atoms with Crippen molar-refractivity contribution >= 4 is 23.6 Å². The zero-order chi connectivity index (χ0) is 11.5. The first-order valence-corrected chi connectivity index (χ1v) is 5.90. The summed E-state index contributed by atoms with van der Waals surface area (Å²) >= 11 is 1.13. The van der Waals surface area contributed by atoms with Gasteiger partial charge in [-0.05, 0) is 12.8 Å². The molecule has 6 nitrogen and oxygen atoms in total. The Morgan fingerprint density at radius 1 is 1.50 bits per heavy atom. The summed E-state index contributed by atoms with van der Waals surface area (Å²) < 4.78 is 5.34. The molecule has 1 heterocycles. The average molecular weight is 241 g/mol. The van der Waals surface area contributed by atoms with Gasteiger partial charge in [-0.15, -0.1) is 10.2 Å². The third kappa shape index (κ3) is 3.06. The van der Waals surface area contributed by atoms with Crippen LogP contribution in [0.3, 0.4) is 0 Å². The Bertz CT molecular complexity index is 414. The van der Waals surface area contributed by atoms with Gasteiger partial charge in [-0.25, -0.2) is 0 Å². The molecule has 1 N–H and O–H groups in total. The third-order valence-corrected chi connectivity index (χ3v) is 2.81. The highest BCUT2D eigenvalue weighted by molar-refractivity contribution is 7.99. The third-order valence-electron chi connectivity index (χ3n) is 1.99. The topological polar surface area (TPSA) is 85.1 Å². The summed E-state index contributed by atoms with van der Waals surface area (Å²) in [6.45, 7) is 1.29. The summed E-state index contributed by atoms with van der Waals surface area (Å²) in [6, 6.07) is 0. The number of carbonyl (C=O) groups is 2. The monoisotopic (exact) mass is 241 g/mol. The van der Waals surface area contributed by atoms with E-state index in [1.54, 1.807) is 0 Å². The van der Waals surface area contributed by atoms with E-state index in [0.717, 1.165) is 24.6 Å². The molecule has 0 aliphatic heterocycles. The Hall–Kier alpha value is -1.37. The van der Waals surface area contributed by atoms with E-state index in [1.807, 2.05) is 0 Å². The number of aromatic nitrogens is 2. The summed E-state index contributed by atoms with van der Waals surface area (Å²) in [7, 11) is 0. The quantitative estimate of drug-likeness (QED) is 0.781. The minimum atomic E-state index is -0.366. The van der Waals surface area contributed by atoms with Gasteiger partial charge < -0.3 is 4.42 Å². The van der Waals surface area contributed by atoms with Crippen LogP contribution < -0.4 is 5.32 Å². The zero-order valence-corrected chi connectivity index (χ0v) is 9.54. The fourth-order valence-electron chi connectivity index (χ4n) is 1.13. The first kappa shape index (κ1) is 11.1. The lowest BCUT2D eigenvalue weighted by molar-refractivity contribution is -0.127. The lowest BCUT2D eigenvalue weighted by Crippen LogP contribution is -2.29. The van der Waals surface area contributed by atoms with Crippen LogP contribution in [0.5, 0.6) is 0 Å². The van der Waals surface area contributed by atoms with Gasteiger partial charge in [-0.1, -0.05) is 11.8 Å². The summed E-state index contributed by atoms with van der Waals surface area (Å²) in [5, 5.41) is 10.2. The van der Waals surface area contributed by atoms with E-state index in [-0.39, 0.29) is 17.6 Å². The molecule has 1 fully saturated rings. The van der Waals surface area contributed by atoms with Crippen molar-refractivity contribution in [3.63, 3.8) is 0 Å². The molecule has 2 amide bonds. The van der Waals surface area contributed by atoms with Gasteiger partial charge in [-0.2, -0.15) is 0 Å². The van der Waals surface area contributed by atoms with Crippen LogP contribution in [0.4, 0.5) is 0 Å². The SMILES string of the molecule is CC(=O)NC(=O)CSc1nnc(C2CC2)o1. The maximum absolute atomic E-state index is 11.1. The van der Waals surface area contributed by atoms with E-state index >= 15 is 0 Å². The van der Waals surface area contributed by atoms with Crippen LogP contribution >= 0.6 is 11.8 Å². The summed E-state index contributed by atoms with van der Waals surface area (Å²) in [4.78, 5) is 21.7. The molecule has 16 heavy (non-hydrogen) atoms. The number of nitrogens with one attached hydrogen (secondary N) is 1. The Morgan fingerprint density at radius 2 is 2.25 bits per heavy atom. The maximum atomic E-state index is 11.1. The van der Waals surface area contributed by atoms with Crippen molar-refractivity contribution in [2.24, 2.45) is 0 Å². The Balaban J connectivity index is 1.79. The van der Waals surface area contributed by atoms with Gasteiger partial charge in [0.1, 0.15) is 0 Å². The Morgan fingerprint density at radius 3 is 2.88 bits per heavy atom.